The van der Waals surface area contributed by atoms with Gasteiger partial charge in [-0.05, 0) is 48.5 Å². The topological polar surface area (TPSA) is 30.8 Å². The SMILES string of the molecule is COc1ccccc1C=Nc1ccc(Oc2ccccc2)cc1. The number of hydrogen-bond donors (Lipinski definition) is 0. The summed E-state index contributed by atoms with van der Waals surface area (Å²) in [5.74, 6) is 2.41. The summed E-state index contributed by atoms with van der Waals surface area (Å²) in [6.45, 7) is 0. The van der Waals surface area contributed by atoms with Gasteiger partial charge in [0.1, 0.15) is 17.2 Å². The maximum Gasteiger partial charge on any atom is 0.127 e. The minimum atomic E-state index is 0.785. The van der Waals surface area contributed by atoms with Gasteiger partial charge in [0.25, 0.3) is 0 Å². The average molecular weight is 303 g/mol. The van der Waals surface area contributed by atoms with Crippen LogP contribution in [0, 0.1) is 0 Å². The number of ether oxygens (including phenoxy) is 2. The molecule has 0 spiro atoms. The van der Waals surface area contributed by atoms with Crippen molar-refractivity contribution in [3.63, 3.8) is 0 Å². The molecule has 0 atom stereocenters. The monoisotopic (exact) mass is 303 g/mol. The number of hydrogen-bond acceptors (Lipinski definition) is 3. The van der Waals surface area contributed by atoms with Crippen LogP contribution < -0.4 is 9.47 Å². The third-order valence-corrected chi connectivity index (χ3v) is 3.31. The molecule has 0 amide bonds. The van der Waals surface area contributed by atoms with E-state index in [0.29, 0.717) is 0 Å². The van der Waals surface area contributed by atoms with Crippen molar-refractivity contribution in [1.82, 2.24) is 0 Å². The van der Waals surface area contributed by atoms with Crippen molar-refractivity contribution in [3.8, 4) is 17.2 Å². The van der Waals surface area contributed by atoms with Crippen LogP contribution in [0.3, 0.4) is 0 Å². The third kappa shape index (κ3) is 3.98. The molecular weight excluding hydrogens is 286 g/mol. The largest absolute Gasteiger partial charge is 0.496 e. The molecule has 3 rings (SSSR count). The zero-order valence-corrected chi connectivity index (χ0v) is 12.8. The second-order valence-electron chi connectivity index (χ2n) is 4.91. The van der Waals surface area contributed by atoms with Crippen molar-refractivity contribution in [2.45, 2.75) is 0 Å². The van der Waals surface area contributed by atoms with Crippen LogP contribution in [-0.2, 0) is 0 Å². The van der Waals surface area contributed by atoms with Crippen LogP contribution in [0.2, 0.25) is 0 Å². The number of aliphatic imine (C=N–C) groups is 1. The van der Waals surface area contributed by atoms with E-state index >= 15 is 0 Å². The summed E-state index contributed by atoms with van der Waals surface area (Å²) in [5.41, 5.74) is 1.80. The smallest absolute Gasteiger partial charge is 0.127 e. The van der Waals surface area contributed by atoms with Gasteiger partial charge in [0, 0.05) is 11.8 Å². The maximum atomic E-state index is 5.76. The molecule has 0 aliphatic rings. The molecule has 0 heterocycles. The van der Waals surface area contributed by atoms with E-state index in [9.17, 15) is 0 Å². The quantitative estimate of drug-likeness (QED) is 0.604. The number of rotatable bonds is 5. The fourth-order valence-electron chi connectivity index (χ4n) is 2.14. The molecule has 0 unspecified atom stereocenters. The molecule has 3 nitrogen and oxygen atoms in total. The molecule has 0 saturated heterocycles. The van der Waals surface area contributed by atoms with Crippen LogP contribution in [0.1, 0.15) is 5.56 Å². The lowest BCUT2D eigenvalue weighted by Gasteiger charge is -2.05. The Hall–Kier alpha value is -3.07. The number of para-hydroxylation sites is 2. The van der Waals surface area contributed by atoms with Gasteiger partial charge in [-0.2, -0.15) is 0 Å². The first-order valence-electron chi connectivity index (χ1n) is 7.35. The van der Waals surface area contributed by atoms with Crippen molar-refractivity contribution in [2.75, 3.05) is 7.11 Å². The van der Waals surface area contributed by atoms with Gasteiger partial charge in [-0.15, -0.1) is 0 Å². The van der Waals surface area contributed by atoms with Crippen molar-refractivity contribution in [1.29, 1.82) is 0 Å². The molecule has 3 heteroatoms. The Bertz CT molecular complexity index is 780. The minimum absolute atomic E-state index is 0.785. The highest BCUT2D eigenvalue weighted by molar-refractivity contribution is 5.85. The summed E-state index contributed by atoms with van der Waals surface area (Å²) in [6.07, 6.45) is 1.80. The molecule has 0 saturated carbocycles. The van der Waals surface area contributed by atoms with Gasteiger partial charge in [0.15, 0.2) is 0 Å². The Morgan fingerprint density at radius 2 is 1.39 bits per heavy atom. The Kier molecular flexibility index (Phi) is 4.69. The normalized spacial score (nSPS) is 10.7. The molecule has 0 N–H and O–H groups in total. The fraction of sp³-hybridized carbons (Fsp3) is 0.0500. The Morgan fingerprint density at radius 3 is 2.13 bits per heavy atom. The van der Waals surface area contributed by atoms with Crippen LogP contribution in [0.15, 0.2) is 83.9 Å². The van der Waals surface area contributed by atoms with Gasteiger partial charge in [0.2, 0.25) is 0 Å². The van der Waals surface area contributed by atoms with E-state index in [1.54, 1.807) is 13.3 Å². The predicted molar refractivity (Wildman–Crippen MR) is 93.2 cm³/mol. The fourth-order valence-corrected chi connectivity index (χ4v) is 2.14. The molecule has 0 aliphatic heterocycles. The lowest BCUT2D eigenvalue weighted by Crippen LogP contribution is -1.89. The van der Waals surface area contributed by atoms with Gasteiger partial charge < -0.3 is 9.47 Å². The van der Waals surface area contributed by atoms with E-state index in [-0.39, 0.29) is 0 Å². The van der Waals surface area contributed by atoms with E-state index in [1.807, 2.05) is 78.9 Å². The summed E-state index contributed by atoms with van der Waals surface area (Å²) in [4.78, 5) is 4.47. The second kappa shape index (κ2) is 7.27. The summed E-state index contributed by atoms with van der Waals surface area (Å²) in [7, 11) is 1.66. The first-order chi connectivity index (χ1) is 11.3. The van der Waals surface area contributed by atoms with Gasteiger partial charge in [-0.3, -0.25) is 4.99 Å². The molecule has 114 valence electrons. The van der Waals surface area contributed by atoms with Crippen molar-refractivity contribution in [3.05, 3.63) is 84.4 Å². The van der Waals surface area contributed by atoms with Gasteiger partial charge >= 0.3 is 0 Å². The molecule has 3 aromatic carbocycles. The summed E-state index contributed by atoms with van der Waals surface area (Å²) in [5, 5.41) is 0. The molecular formula is C20H17NO2. The van der Waals surface area contributed by atoms with Crippen LogP contribution in [0.4, 0.5) is 5.69 Å². The predicted octanol–water partition coefficient (Wildman–Crippen LogP) is 5.24. The molecule has 0 radical (unpaired) electrons. The second-order valence-corrected chi connectivity index (χ2v) is 4.91. The lowest BCUT2D eigenvalue weighted by molar-refractivity contribution is 0.414. The average Bonchev–Trinajstić information content (AvgIpc) is 2.62. The summed E-state index contributed by atoms with van der Waals surface area (Å²) < 4.78 is 11.1. The first kappa shape index (κ1) is 14.9. The Morgan fingerprint density at radius 1 is 0.739 bits per heavy atom. The molecule has 0 fully saturated rings. The standard InChI is InChI=1S/C20H17NO2/c1-22-20-10-6-5-7-16(20)15-21-17-11-13-19(14-12-17)23-18-8-3-2-4-9-18/h2-15H,1H3. The Balaban J connectivity index is 1.71. The molecule has 0 aliphatic carbocycles. The zero-order chi connectivity index (χ0) is 15.9. The zero-order valence-electron chi connectivity index (χ0n) is 12.8. The van der Waals surface area contributed by atoms with E-state index < -0.39 is 0 Å². The van der Waals surface area contributed by atoms with Crippen LogP contribution in [0.25, 0.3) is 0 Å². The van der Waals surface area contributed by atoms with Crippen molar-refractivity contribution in [2.24, 2.45) is 4.99 Å². The summed E-state index contributed by atoms with van der Waals surface area (Å²) in [6, 6.07) is 25.1. The molecule has 0 bridgehead atoms. The highest BCUT2D eigenvalue weighted by Gasteiger charge is 1.99. The van der Waals surface area contributed by atoms with Crippen LogP contribution in [0.5, 0.6) is 17.2 Å². The Labute approximate surface area is 135 Å². The number of nitrogens with zero attached hydrogens (tertiary/aromatic N) is 1. The lowest BCUT2D eigenvalue weighted by atomic mass is 10.2. The highest BCUT2D eigenvalue weighted by Crippen LogP contribution is 2.24. The van der Waals surface area contributed by atoms with E-state index in [1.165, 1.54) is 0 Å². The summed E-state index contributed by atoms with van der Waals surface area (Å²) >= 11 is 0. The van der Waals surface area contributed by atoms with Gasteiger partial charge in [-0.1, -0.05) is 30.3 Å². The number of methoxy groups -OCH3 is 1. The van der Waals surface area contributed by atoms with Crippen molar-refractivity contribution < 1.29 is 9.47 Å². The maximum absolute atomic E-state index is 5.76. The van der Waals surface area contributed by atoms with Gasteiger partial charge in [-0.25, -0.2) is 0 Å². The van der Waals surface area contributed by atoms with E-state index in [2.05, 4.69) is 4.99 Å². The number of benzene rings is 3. The first-order valence-corrected chi connectivity index (χ1v) is 7.35. The molecule has 3 aromatic rings. The third-order valence-electron chi connectivity index (χ3n) is 3.31. The minimum Gasteiger partial charge on any atom is -0.496 e. The van der Waals surface area contributed by atoms with E-state index in [0.717, 1.165) is 28.5 Å². The van der Waals surface area contributed by atoms with Crippen molar-refractivity contribution >= 4 is 11.9 Å². The van der Waals surface area contributed by atoms with Crippen LogP contribution in [-0.4, -0.2) is 13.3 Å². The van der Waals surface area contributed by atoms with E-state index in [4.69, 9.17) is 9.47 Å². The molecule has 23 heavy (non-hydrogen) atoms. The van der Waals surface area contributed by atoms with Gasteiger partial charge in [0.05, 0.1) is 12.8 Å². The highest BCUT2D eigenvalue weighted by atomic mass is 16.5. The molecule has 0 aromatic heterocycles. The van der Waals surface area contributed by atoms with Crippen LogP contribution >= 0.6 is 0 Å².